The van der Waals surface area contributed by atoms with E-state index in [1.54, 1.807) is 12.1 Å². The number of likely N-dealkylation sites (tertiary alicyclic amines) is 1. The normalized spacial score (nSPS) is 14.6. The number of carbonyl (C=O) groups excluding carboxylic acids is 5. The van der Waals surface area contributed by atoms with Crippen molar-refractivity contribution in [3.8, 4) is 0 Å². The van der Waals surface area contributed by atoms with Crippen molar-refractivity contribution in [3.05, 3.63) is 119 Å². The van der Waals surface area contributed by atoms with Crippen molar-refractivity contribution in [3.63, 3.8) is 0 Å². The third-order valence-corrected chi connectivity index (χ3v) is 11.5. The molecule has 1 fully saturated rings. The summed E-state index contributed by atoms with van der Waals surface area (Å²) in [6.45, 7) is 0.595. The van der Waals surface area contributed by atoms with E-state index in [1.807, 2.05) is 72.8 Å². The number of amides is 6. The third kappa shape index (κ3) is 14.0. The largest absolute Gasteiger partial charge is 0.481 e. The highest BCUT2D eigenvalue weighted by molar-refractivity contribution is 7.50. The molecule has 0 spiro atoms. The van der Waals surface area contributed by atoms with Crippen LogP contribution >= 0.6 is 7.60 Å². The van der Waals surface area contributed by atoms with E-state index < -0.39 is 73.7 Å². The molecule has 0 saturated carbocycles. The summed E-state index contributed by atoms with van der Waals surface area (Å²) in [4.78, 5) is 99.6. The van der Waals surface area contributed by atoms with Crippen LogP contribution in [0.3, 0.4) is 0 Å². The Morgan fingerprint density at radius 2 is 1.39 bits per heavy atom. The average molecular weight is 857 g/mol. The maximum Gasteiger partial charge on any atom is 0.329 e. The molecule has 324 valence electrons. The molecule has 1 saturated heterocycles. The van der Waals surface area contributed by atoms with Crippen molar-refractivity contribution in [2.75, 3.05) is 26.2 Å². The first-order valence-electron chi connectivity index (χ1n) is 20.2. The van der Waals surface area contributed by atoms with Crippen LogP contribution in [0.5, 0.6) is 0 Å². The smallest absolute Gasteiger partial charge is 0.329 e. The van der Waals surface area contributed by atoms with Crippen LogP contribution in [0.1, 0.15) is 54.4 Å². The summed E-state index contributed by atoms with van der Waals surface area (Å²) in [6.07, 6.45) is -0.165. The van der Waals surface area contributed by atoms with Gasteiger partial charge >= 0.3 is 19.6 Å². The molecule has 4 aromatic rings. The van der Waals surface area contributed by atoms with E-state index in [0.717, 1.165) is 21.9 Å². The molecule has 17 heteroatoms. The van der Waals surface area contributed by atoms with Crippen LogP contribution in [-0.4, -0.2) is 93.2 Å². The highest BCUT2D eigenvalue weighted by atomic mass is 31.2. The fraction of sp³-hybridized carbons (Fsp3) is 0.364. The Morgan fingerprint density at radius 3 is 2.07 bits per heavy atom. The summed E-state index contributed by atoms with van der Waals surface area (Å²) < 4.78 is 11.5. The fourth-order valence-corrected chi connectivity index (χ4v) is 8.20. The summed E-state index contributed by atoms with van der Waals surface area (Å²) in [5.41, 5.74) is 6.79. The van der Waals surface area contributed by atoms with Crippen LogP contribution in [0.15, 0.2) is 97.1 Å². The van der Waals surface area contributed by atoms with Crippen LogP contribution in [0.4, 0.5) is 4.79 Å². The zero-order valence-electron chi connectivity index (χ0n) is 33.8. The number of aliphatic carboxylic acids is 1. The number of hydrogen-bond donors (Lipinski definition) is 8. The van der Waals surface area contributed by atoms with Crippen LogP contribution in [0.2, 0.25) is 0 Å². The lowest BCUT2D eigenvalue weighted by molar-refractivity contribution is -0.143. The Hall–Kier alpha value is -6.09. The number of primary amides is 1. The fourth-order valence-electron chi connectivity index (χ4n) is 7.51. The van der Waals surface area contributed by atoms with Gasteiger partial charge in [-0.2, -0.15) is 0 Å². The van der Waals surface area contributed by atoms with Crippen molar-refractivity contribution >= 4 is 54.0 Å². The van der Waals surface area contributed by atoms with Gasteiger partial charge in [-0.1, -0.05) is 97.1 Å². The lowest BCUT2D eigenvalue weighted by atomic mass is 9.84. The second kappa shape index (κ2) is 21.4. The zero-order valence-corrected chi connectivity index (χ0v) is 34.7. The molecule has 0 aliphatic carbocycles. The zero-order chi connectivity index (χ0) is 44.0. The minimum atomic E-state index is -4.34. The average Bonchev–Trinajstić information content (AvgIpc) is 3.22. The number of urea groups is 1. The predicted molar refractivity (Wildman–Crippen MR) is 228 cm³/mol. The minimum Gasteiger partial charge on any atom is -0.481 e. The third-order valence-electron chi connectivity index (χ3n) is 10.7. The number of nitrogens with zero attached hydrogens (tertiary/aromatic N) is 1. The summed E-state index contributed by atoms with van der Waals surface area (Å²) in [5, 5.41) is 23.0. The lowest BCUT2D eigenvalue weighted by Gasteiger charge is -2.42. The summed E-state index contributed by atoms with van der Waals surface area (Å²) >= 11 is 0. The Bertz CT molecular complexity index is 2220. The molecule has 1 heterocycles. The van der Waals surface area contributed by atoms with Gasteiger partial charge in [0.05, 0.1) is 24.9 Å². The number of aryl methyl sites for hydroxylation is 1. The van der Waals surface area contributed by atoms with E-state index in [2.05, 4.69) is 21.3 Å². The van der Waals surface area contributed by atoms with Gasteiger partial charge in [0, 0.05) is 26.2 Å². The second-order valence-corrected chi connectivity index (χ2v) is 17.0. The van der Waals surface area contributed by atoms with Gasteiger partial charge in [0.25, 0.3) is 0 Å². The number of carbonyl (C=O) groups is 6. The van der Waals surface area contributed by atoms with Crippen molar-refractivity contribution < 1.29 is 48.2 Å². The number of nitrogens with one attached hydrogen (secondary N) is 4. The van der Waals surface area contributed by atoms with Gasteiger partial charge < -0.3 is 46.8 Å². The molecule has 2 atom stereocenters. The van der Waals surface area contributed by atoms with Crippen LogP contribution < -0.4 is 27.0 Å². The van der Waals surface area contributed by atoms with E-state index in [0.29, 0.717) is 36.9 Å². The van der Waals surface area contributed by atoms with Crippen molar-refractivity contribution in [1.29, 1.82) is 0 Å². The van der Waals surface area contributed by atoms with Gasteiger partial charge in [-0.25, -0.2) is 4.79 Å². The molecular formula is C44H53N6O10P. The van der Waals surface area contributed by atoms with Gasteiger partial charge in [0.1, 0.15) is 11.6 Å². The maximum atomic E-state index is 14.4. The van der Waals surface area contributed by atoms with E-state index in [-0.39, 0.29) is 44.9 Å². The van der Waals surface area contributed by atoms with Gasteiger partial charge in [-0.3, -0.25) is 28.5 Å². The van der Waals surface area contributed by atoms with Crippen LogP contribution in [0.25, 0.3) is 10.8 Å². The first kappa shape index (κ1) is 46.0. The molecule has 1 aliphatic heterocycles. The number of carboxylic acids is 1. The number of carboxylic acid groups (broad SMARTS) is 1. The van der Waals surface area contributed by atoms with Gasteiger partial charge in [-0.05, 0) is 71.6 Å². The molecule has 0 aromatic heterocycles. The Balaban J connectivity index is 1.30. The number of fused-ring (bicyclic) bond motifs is 1. The van der Waals surface area contributed by atoms with Gasteiger partial charge in [0.2, 0.25) is 23.6 Å². The van der Waals surface area contributed by atoms with E-state index in [1.165, 1.54) is 17.0 Å². The van der Waals surface area contributed by atoms with Crippen molar-refractivity contribution in [1.82, 2.24) is 26.2 Å². The number of rotatable bonds is 20. The van der Waals surface area contributed by atoms with E-state index in [9.17, 15) is 48.2 Å². The van der Waals surface area contributed by atoms with E-state index in [4.69, 9.17) is 5.73 Å². The molecule has 6 amide bonds. The number of hydrogen-bond acceptors (Lipinski definition) is 7. The summed E-state index contributed by atoms with van der Waals surface area (Å²) in [6, 6.07) is 27.8. The first-order chi connectivity index (χ1) is 29.1. The first-order valence-corrected chi connectivity index (χ1v) is 22.0. The summed E-state index contributed by atoms with van der Waals surface area (Å²) in [5.74, 6) is -5.57. The highest BCUT2D eigenvalue weighted by Crippen LogP contribution is 2.39. The monoisotopic (exact) mass is 856 g/mol. The van der Waals surface area contributed by atoms with Crippen LogP contribution in [0, 0.1) is 5.92 Å². The second-order valence-electron chi connectivity index (χ2n) is 15.4. The Morgan fingerprint density at radius 1 is 0.738 bits per heavy atom. The van der Waals surface area contributed by atoms with Crippen molar-refractivity contribution in [2.24, 2.45) is 11.7 Å². The molecule has 16 nitrogen and oxygen atoms in total. The minimum absolute atomic E-state index is 0.0103. The number of benzene rings is 4. The molecule has 0 radical (unpaired) electrons. The quantitative estimate of drug-likeness (QED) is 0.0476. The summed E-state index contributed by atoms with van der Waals surface area (Å²) in [7, 11) is -4.34. The van der Waals surface area contributed by atoms with Crippen LogP contribution in [-0.2, 0) is 54.0 Å². The maximum absolute atomic E-state index is 14.4. The van der Waals surface area contributed by atoms with Crippen molar-refractivity contribution in [2.45, 2.75) is 69.1 Å². The molecule has 4 aromatic carbocycles. The molecular weight excluding hydrogens is 803 g/mol. The SMILES string of the molecule is NC(=O)C[C@H](NC(=O)C1(NC(=O)[C@H](CC(=O)O)Cc2ccc(CP(=O)(O)O)cc2)CCN(C(=O)NCCc2ccccc2)CC1)C(=O)NCCCc1cccc2ccccc12. The Kier molecular flexibility index (Phi) is 16.2. The predicted octanol–water partition coefficient (Wildman–Crippen LogP) is 3.16. The molecule has 5 rings (SSSR count). The van der Waals surface area contributed by atoms with E-state index >= 15 is 0 Å². The molecule has 0 bridgehead atoms. The Labute approximate surface area is 353 Å². The topological polar surface area (TPSA) is 258 Å². The molecule has 0 unspecified atom stereocenters. The highest BCUT2D eigenvalue weighted by Gasteiger charge is 2.46. The number of piperidine rings is 1. The molecule has 1 aliphatic rings. The number of nitrogens with two attached hydrogens (primary N) is 1. The lowest BCUT2D eigenvalue weighted by Crippen LogP contribution is -2.67. The van der Waals surface area contributed by atoms with Gasteiger partial charge in [-0.15, -0.1) is 0 Å². The standard InChI is InChI=1S/C44H53N6O10P/c45-38(51)28-37(41(55)46-22-7-13-34-12-6-11-33-10-4-5-14-36(33)34)48-42(56)44(20-24-50(25-21-44)43(57)47-23-19-30-8-2-1-3-9-30)49-40(54)35(27-39(52)53)26-31-15-17-32(18-16-31)29-61(58,59)60/h1-6,8-12,14-18,35,37H,7,13,19-29H2,(H2,45,51)(H,46,55)(H,47,57)(H,48,56)(H,49,54)(H,52,53)(H2,58,59,60)/t35-,37-/m0/s1. The molecule has 9 N–H and O–H groups in total. The van der Waals surface area contributed by atoms with Gasteiger partial charge in [0.15, 0.2) is 0 Å². The molecule has 61 heavy (non-hydrogen) atoms.